The van der Waals surface area contributed by atoms with Crippen molar-refractivity contribution in [2.24, 2.45) is 17.8 Å². The molecule has 1 atom stereocenters. The summed E-state index contributed by atoms with van der Waals surface area (Å²) in [5.41, 5.74) is 1.94. The second kappa shape index (κ2) is 37.3. The van der Waals surface area contributed by atoms with Crippen LogP contribution in [0.1, 0.15) is 57.2 Å². The lowest BCUT2D eigenvalue weighted by molar-refractivity contribution is -0.142. The number of rotatable bonds is 41. The van der Waals surface area contributed by atoms with Crippen molar-refractivity contribution in [2.45, 2.75) is 65.6 Å². The molecular formula is C49H76N8O17. The maximum Gasteiger partial charge on any atom is 0.302 e. The maximum atomic E-state index is 12.8. The first-order valence-electron chi connectivity index (χ1n) is 25.2. The second-order valence-corrected chi connectivity index (χ2v) is 17.4. The molecule has 2 fully saturated rings. The van der Waals surface area contributed by atoms with Gasteiger partial charge >= 0.3 is 5.97 Å². The number of likely N-dealkylation sites (tertiary alicyclic amines) is 1. The van der Waals surface area contributed by atoms with Gasteiger partial charge in [-0.25, -0.2) is 4.68 Å². The third-order valence-electron chi connectivity index (χ3n) is 11.4. The van der Waals surface area contributed by atoms with Gasteiger partial charge in [0.05, 0.1) is 132 Å². The first-order chi connectivity index (χ1) is 36.0. The van der Waals surface area contributed by atoms with Crippen LogP contribution in [0.2, 0.25) is 0 Å². The van der Waals surface area contributed by atoms with Crippen molar-refractivity contribution >= 4 is 47.1 Å². The van der Waals surface area contributed by atoms with Crippen LogP contribution in [0.25, 0.3) is 0 Å². The highest BCUT2D eigenvalue weighted by Crippen LogP contribution is 2.31. The van der Waals surface area contributed by atoms with E-state index in [0.717, 1.165) is 31.2 Å². The number of benzene rings is 1. The third kappa shape index (κ3) is 27.1. The summed E-state index contributed by atoms with van der Waals surface area (Å²) >= 11 is 0. The fourth-order valence-corrected chi connectivity index (χ4v) is 7.41. The summed E-state index contributed by atoms with van der Waals surface area (Å²) < 4.78 is 55.8. The van der Waals surface area contributed by atoms with Gasteiger partial charge in [-0.2, -0.15) is 0 Å². The molecule has 1 aliphatic carbocycles. The van der Waals surface area contributed by atoms with Gasteiger partial charge in [0.15, 0.2) is 0 Å². The van der Waals surface area contributed by atoms with E-state index >= 15 is 0 Å². The first-order valence-corrected chi connectivity index (χ1v) is 25.2. The Balaban J connectivity index is 0.800. The molecule has 74 heavy (non-hydrogen) atoms. The van der Waals surface area contributed by atoms with Crippen LogP contribution < -0.4 is 21.3 Å². The van der Waals surface area contributed by atoms with Crippen LogP contribution in [0.5, 0.6) is 0 Å². The summed E-state index contributed by atoms with van der Waals surface area (Å²) in [5.74, 6) is -2.06. The van der Waals surface area contributed by atoms with Gasteiger partial charge in [-0.05, 0) is 49.3 Å². The van der Waals surface area contributed by atoms with E-state index in [0.29, 0.717) is 137 Å². The summed E-state index contributed by atoms with van der Waals surface area (Å²) in [6, 6.07) is 6.70. The zero-order valence-electron chi connectivity index (χ0n) is 42.9. The van der Waals surface area contributed by atoms with E-state index in [1.165, 1.54) is 11.8 Å². The summed E-state index contributed by atoms with van der Waals surface area (Å²) in [6.45, 7) is 10.3. The van der Waals surface area contributed by atoms with Gasteiger partial charge in [0, 0.05) is 44.0 Å². The highest BCUT2D eigenvalue weighted by molar-refractivity contribution is 6.03. The largest absolute Gasteiger partial charge is 0.461 e. The average molecular weight is 1050 g/mol. The quantitative estimate of drug-likeness (QED) is 0.0392. The summed E-state index contributed by atoms with van der Waals surface area (Å²) in [7, 11) is 0. The van der Waals surface area contributed by atoms with Gasteiger partial charge in [0.1, 0.15) is 25.5 Å². The van der Waals surface area contributed by atoms with Gasteiger partial charge in [0.2, 0.25) is 35.4 Å². The normalized spacial score (nSPS) is 16.6. The minimum atomic E-state index is -0.554. The van der Waals surface area contributed by atoms with E-state index in [9.17, 15) is 33.6 Å². The lowest BCUT2D eigenvalue weighted by Gasteiger charge is -2.30. The number of carbonyl (C=O) groups excluding carboxylic acids is 7. The smallest absolute Gasteiger partial charge is 0.302 e. The number of carbonyl (C=O) groups is 7. The molecular weight excluding hydrogens is 973 g/mol. The number of hydrogen-bond acceptors (Lipinski definition) is 19. The van der Waals surface area contributed by atoms with Crippen molar-refractivity contribution < 1.29 is 80.9 Å². The zero-order chi connectivity index (χ0) is 53.0. The van der Waals surface area contributed by atoms with Crippen LogP contribution in [-0.4, -0.2) is 200 Å². The van der Waals surface area contributed by atoms with Gasteiger partial charge in [-0.3, -0.25) is 38.5 Å². The van der Waals surface area contributed by atoms with Crippen LogP contribution in [0.15, 0.2) is 30.5 Å². The van der Waals surface area contributed by atoms with Crippen LogP contribution in [0, 0.1) is 17.8 Å². The number of anilines is 1. The molecule has 0 bridgehead atoms. The van der Waals surface area contributed by atoms with Crippen molar-refractivity contribution in [2.75, 3.05) is 144 Å². The van der Waals surface area contributed by atoms with Crippen LogP contribution >= 0.6 is 0 Å². The van der Waals surface area contributed by atoms with Crippen molar-refractivity contribution in [1.82, 2.24) is 35.8 Å². The molecule has 25 heteroatoms. The highest BCUT2D eigenvalue weighted by atomic mass is 16.6. The van der Waals surface area contributed by atoms with E-state index in [1.807, 2.05) is 0 Å². The number of imide groups is 1. The Labute approximate surface area is 431 Å². The van der Waals surface area contributed by atoms with Gasteiger partial charge in [-0.15, -0.1) is 5.10 Å². The maximum absolute atomic E-state index is 12.8. The van der Waals surface area contributed by atoms with E-state index in [1.54, 1.807) is 42.1 Å². The molecule has 414 valence electrons. The van der Waals surface area contributed by atoms with Crippen molar-refractivity contribution in [1.29, 1.82) is 0 Å². The van der Waals surface area contributed by atoms with Crippen molar-refractivity contribution in [3.8, 4) is 0 Å². The molecule has 1 aliphatic heterocycles. The molecule has 2 aliphatic rings. The lowest BCUT2D eigenvalue weighted by Crippen LogP contribution is -2.38. The molecule has 1 aromatic carbocycles. The van der Waals surface area contributed by atoms with Gasteiger partial charge < -0.3 is 68.6 Å². The van der Waals surface area contributed by atoms with Crippen LogP contribution in [-0.2, 0) is 101 Å². The Bertz CT molecular complexity index is 1970. The average Bonchev–Trinajstić information content (AvgIpc) is 3.95. The third-order valence-corrected chi connectivity index (χ3v) is 11.4. The number of ether oxygens (including phenoxy) is 10. The first kappa shape index (κ1) is 61.0. The minimum absolute atomic E-state index is 0.00946. The molecule has 0 radical (unpaired) electrons. The lowest BCUT2D eigenvalue weighted by atomic mass is 9.81. The molecule has 0 spiro atoms. The Morgan fingerprint density at radius 1 is 0.635 bits per heavy atom. The number of hydrogen-bond donors (Lipinski definition) is 4. The highest BCUT2D eigenvalue weighted by Gasteiger charge is 2.38. The van der Waals surface area contributed by atoms with Crippen molar-refractivity contribution in [3.05, 3.63) is 41.7 Å². The number of nitrogens with zero attached hydrogens (tertiary/aromatic N) is 4. The SMILES string of the molecule is CC(=O)OCc1ccc(NC(=O)CNC(=O)COCC(=O)NCCOCCOCCOCCOCCOCCOCCOCCOCCn2cc(CNC(=O)C3CCC(CN4C(=O)CC(C)C4=O)CC3)nn2)cc1. The molecule has 25 nitrogen and oxygen atoms in total. The monoisotopic (exact) mass is 1050 g/mol. The fraction of sp³-hybridized carbons (Fsp3) is 0.694. The Kier molecular flexibility index (Phi) is 30.7. The molecule has 4 rings (SSSR count). The predicted octanol–water partition coefficient (Wildman–Crippen LogP) is 0.179. The van der Waals surface area contributed by atoms with Gasteiger partial charge in [0.25, 0.3) is 0 Å². The van der Waals surface area contributed by atoms with Crippen LogP contribution in [0.4, 0.5) is 5.69 Å². The fourth-order valence-electron chi connectivity index (χ4n) is 7.41. The molecule has 2 heterocycles. The summed E-state index contributed by atoms with van der Waals surface area (Å²) in [4.78, 5) is 85.4. The predicted molar refractivity (Wildman–Crippen MR) is 262 cm³/mol. The topological polar surface area (TPSA) is 294 Å². The standard InChI is InChI=1S/C49H76N8O17/c1-37-29-47(62)57(49(37)64)32-39-3-7-41(8-4-39)48(63)52-30-43-33-56(55-54-43)12-14-66-16-18-68-20-22-70-24-26-72-28-27-71-25-23-69-21-19-67-17-15-65-13-11-50-45(60)35-73-36-46(61)51-31-44(59)53-42-9-5-40(6-10-42)34-74-38(2)58/h5-6,9-10,33,37,39,41H,3-4,7-8,11-32,34-36H2,1-2H3,(H,50,60)(H,51,61)(H,52,63)(H,53,59). The Morgan fingerprint density at radius 2 is 1.16 bits per heavy atom. The van der Waals surface area contributed by atoms with Crippen LogP contribution in [0.3, 0.4) is 0 Å². The molecule has 6 amide bonds. The number of esters is 1. The number of nitrogens with one attached hydrogen (secondary N) is 4. The summed E-state index contributed by atoms with van der Waals surface area (Å²) in [6.07, 6.45) is 5.18. The van der Waals surface area contributed by atoms with E-state index < -0.39 is 24.3 Å². The van der Waals surface area contributed by atoms with E-state index in [2.05, 4.69) is 31.6 Å². The summed E-state index contributed by atoms with van der Waals surface area (Å²) in [5, 5.41) is 18.9. The molecule has 1 unspecified atom stereocenters. The Hall–Kier alpha value is -5.51. The Morgan fingerprint density at radius 3 is 1.69 bits per heavy atom. The van der Waals surface area contributed by atoms with E-state index in [-0.39, 0.29) is 74.4 Å². The molecule has 1 aromatic heterocycles. The number of aromatic nitrogens is 3. The number of amides is 6. The minimum Gasteiger partial charge on any atom is -0.461 e. The van der Waals surface area contributed by atoms with Gasteiger partial charge in [-0.1, -0.05) is 24.3 Å². The zero-order valence-corrected chi connectivity index (χ0v) is 42.9. The van der Waals surface area contributed by atoms with Crippen molar-refractivity contribution in [3.63, 3.8) is 0 Å². The molecule has 4 N–H and O–H groups in total. The second-order valence-electron chi connectivity index (χ2n) is 17.4. The van der Waals surface area contributed by atoms with E-state index in [4.69, 9.17) is 47.4 Å². The molecule has 2 aromatic rings. The molecule has 1 saturated heterocycles. The molecule has 1 saturated carbocycles.